The molecular formula is C7H13F3N2O2. The van der Waals surface area contributed by atoms with Gasteiger partial charge in [-0.05, 0) is 13.0 Å². The second kappa shape index (κ2) is 6.61. The molecule has 0 aliphatic heterocycles. The van der Waals surface area contributed by atoms with E-state index in [-0.39, 0.29) is 0 Å². The first-order valence-corrected chi connectivity index (χ1v) is 4.07. The number of amides is 1. The quantitative estimate of drug-likeness (QED) is 0.613. The lowest BCUT2D eigenvalue weighted by molar-refractivity contribution is -0.175. The molecule has 0 saturated carbocycles. The van der Waals surface area contributed by atoms with Crippen LogP contribution >= 0.6 is 0 Å². The molecule has 0 aliphatic carbocycles. The van der Waals surface area contributed by atoms with Crippen LogP contribution in [0.25, 0.3) is 0 Å². The molecule has 0 aromatic rings. The maximum atomic E-state index is 11.5. The summed E-state index contributed by atoms with van der Waals surface area (Å²) in [6.45, 7) is -1.21. The fourth-order valence-corrected chi connectivity index (χ4v) is 0.640. The van der Waals surface area contributed by atoms with Gasteiger partial charge >= 0.3 is 6.18 Å². The van der Waals surface area contributed by atoms with Crippen molar-refractivity contribution in [1.82, 2.24) is 5.32 Å². The lowest BCUT2D eigenvalue weighted by Crippen LogP contribution is -2.31. The topological polar surface area (TPSA) is 64.3 Å². The van der Waals surface area contributed by atoms with Crippen LogP contribution in [-0.4, -0.2) is 38.4 Å². The van der Waals surface area contributed by atoms with Crippen LogP contribution in [0.2, 0.25) is 0 Å². The predicted octanol–water partition coefficient (Wildman–Crippen LogP) is 0.0303. The van der Waals surface area contributed by atoms with Gasteiger partial charge in [0, 0.05) is 6.54 Å². The smallest absolute Gasteiger partial charge is 0.362 e. The molecule has 4 nitrogen and oxygen atoms in total. The molecule has 84 valence electrons. The van der Waals surface area contributed by atoms with E-state index in [1.165, 1.54) is 0 Å². The van der Waals surface area contributed by atoms with Gasteiger partial charge in [0.05, 0.1) is 0 Å². The highest BCUT2D eigenvalue weighted by atomic mass is 19.4. The van der Waals surface area contributed by atoms with Crippen molar-refractivity contribution in [2.75, 3.05) is 26.3 Å². The molecule has 0 heterocycles. The summed E-state index contributed by atoms with van der Waals surface area (Å²) in [5.74, 6) is -0.567. The molecule has 0 radical (unpaired) electrons. The zero-order valence-corrected chi connectivity index (χ0v) is 7.56. The molecule has 1 amide bonds. The maximum absolute atomic E-state index is 11.5. The second-order valence-corrected chi connectivity index (χ2v) is 2.60. The molecule has 0 rings (SSSR count). The maximum Gasteiger partial charge on any atom is 0.411 e. The summed E-state index contributed by atoms with van der Waals surface area (Å²) in [7, 11) is 0. The highest BCUT2D eigenvalue weighted by Crippen LogP contribution is 2.13. The number of hydrogen-bond acceptors (Lipinski definition) is 3. The first-order chi connectivity index (χ1) is 6.45. The van der Waals surface area contributed by atoms with E-state index < -0.39 is 25.3 Å². The largest absolute Gasteiger partial charge is 0.411 e. The van der Waals surface area contributed by atoms with Crippen LogP contribution in [0, 0.1) is 0 Å². The molecule has 0 spiro atoms. The average molecular weight is 214 g/mol. The third-order valence-electron chi connectivity index (χ3n) is 1.20. The number of rotatable bonds is 6. The van der Waals surface area contributed by atoms with Gasteiger partial charge in [0.25, 0.3) is 0 Å². The van der Waals surface area contributed by atoms with Crippen LogP contribution in [0.5, 0.6) is 0 Å². The van der Waals surface area contributed by atoms with Crippen molar-refractivity contribution in [3.8, 4) is 0 Å². The number of carbonyl (C=O) groups excluding carboxylic acids is 1. The predicted molar refractivity (Wildman–Crippen MR) is 43.6 cm³/mol. The number of nitrogens with one attached hydrogen (secondary N) is 1. The standard InChI is InChI=1S/C7H13F3N2O2/c8-7(9,10)5-14-4-6(13)12-3-1-2-11/h1-5,11H2,(H,12,13). The van der Waals surface area contributed by atoms with E-state index in [9.17, 15) is 18.0 Å². The highest BCUT2D eigenvalue weighted by molar-refractivity contribution is 5.77. The summed E-state index contributed by atoms with van der Waals surface area (Å²) >= 11 is 0. The van der Waals surface area contributed by atoms with Gasteiger partial charge < -0.3 is 15.8 Å². The first kappa shape index (κ1) is 13.2. The Labute approximate surface area is 79.6 Å². The van der Waals surface area contributed by atoms with Crippen molar-refractivity contribution in [2.24, 2.45) is 5.73 Å². The first-order valence-electron chi connectivity index (χ1n) is 4.07. The van der Waals surface area contributed by atoms with Gasteiger partial charge in [-0.3, -0.25) is 4.79 Å². The fraction of sp³-hybridized carbons (Fsp3) is 0.857. The number of carbonyl (C=O) groups is 1. The number of halogens is 3. The number of hydrogen-bond donors (Lipinski definition) is 2. The van der Waals surface area contributed by atoms with Gasteiger partial charge in [0.15, 0.2) is 0 Å². The van der Waals surface area contributed by atoms with Crippen LogP contribution in [0.15, 0.2) is 0 Å². The van der Waals surface area contributed by atoms with Gasteiger partial charge in [-0.25, -0.2) is 0 Å². The highest BCUT2D eigenvalue weighted by Gasteiger charge is 2.27. The van der Waals surface area contributed by atoms with E-state index in [2.05, 4.69) is 10.1 Å². The van der Waals surface area contributed by atoms with E-state index >= 15 is 0 Å². The van der Waals surface area contributed by atoms with Crippen molar-refractivity contribution < 1.29 is 22.7 Å². The minimum atomic E-state index is -4.39. The number of alkyl halides is 3. The Kier molecular flexibility index (Phi) is 6.22. The molecule has 0 fully saturated rings. The zero-order valence-electron chi connectivity index (χ0n) is 7.56. The Morgan fingerprint density at radius 1 is 1.43 bits per heavy atom. The molecule has 0 bridgehead atoms. The van der Waals surface area contributed by atoms with E-state index in [1.807, 2.05) is 0 Å². The normalized spacial score (nSPS) is 11.4. The Hall–Kier alpha value is -0.820. The molecule has 0 aliphatic rings. The van der Waals surface area contributed by atoms with Gasteiger partial charge in [0.1, 0.15) is 13.2 Å². The van der Waals surface area contributed by atoms with Crippen molar-refractivity contribution in [3.63, 3.8) is 0 Å². The fourth-order valence-electron chi connectivity index (χ4n) is 0.640. The molecule has 0 saturated heterocycles. The van der Waals surface area contributed by atoms with Crippen LogP contribution in [0.1, 0.15) is 6.42 Å². The molecule has 0 unspecified atom stereocenters. The summed E-state index contributed by atoms with van der Waals surface area (Å²) in [4.78, 5) is 10.8. The zero-order chi connectivity index (χ0) is 11.0. The van der Waals surface area contributed by atoms with E-state index in [1.54, 1.807) is 0 Å². The van der Waals surface area contributed by atoms with Gasteiger partial charge in [-0.15, -0.1) is 0 Å². The number of nitrogens with two attached hydrogens (primary N) is 1. The molecular weight excluding hydrogens is 201 g/mol. The molecule has 0 atom stereocenters. The molecule has 3 N–H and O–H groups in total. The van der Waals surface area contributed by atoms with Crippen LogP contribution < -0.4 is 11.1 Å². The van der Waals surface area contributed by atoms with Crippen molar-refractivity contribution in [3.05, 3.63) is 0 Å². The van der Waals surface area contributed by atoms with E-state index in [0.29, 0.717) is 19.5 Å². The van der Waals surface area contributed by atoms with Gasteiger partial charge in [-0.2, -0.15) is 13.2 Å². The molecule has 7 heteroatoms. The summed E-state index contributed by atoms with van der Waals surface area (Å²) < 4.78 is 38.7. The SMILES string of the molecule is NCCCNC(=O)COCC(F)(F)F. The third kappa shape index (κ3) is 9.27. The number of ether oxygens (including phenoxy) is 1. The minimum Gasteiger partial charge on any atom is -0.362 e. The lowest BCUT2D eigenvalue weighted by Gasteiger charge is -2.07. The second-order valence-electron chi connectivity index (χ2n) is 2.60. The summed E-state index contributed by atoms with van der Waals surface area (Å²) in [5.41, 5.74) is 5.14. The average Bonchev–Trinajstić information content (AvgIpc) is 2.02. The van der Waals surface area contributed by atoms with Crippen LogP contribution in [0.3, 0.4) is 0 Å². The lowest BCUT2D eigenvalue weighted by atomic mass is 10.4. The van der Waals surface area contributed by atoms with Crippen molar-refractivity contribution in [2.45, 2.75) is 12.6 Å². The Balaban J connectivity index is 3.36. The Morgan fingerprint density at radius 3 is 2.57 bits per heavy atom. The molecule has 0 aromatic carbocycles. The van der Waals surface area contributed by atoms with E-state index in [4.69, 9.17) is 5.73 Å². The Bertz CT molecular complexity index is 173. The van der Waals surface area contributed by atoms with Crippen LogP contribution in [0.4, 0.5) is 13.2 Å². The minimum absolute atomic E-state index is 0.352. The third-order valence-corrected chi connectivity index (χ3v) is 1.20. The van der Waals surface area contributed by atoms with E-state index in [0.717, 1.165) is 0 Å². The summed E-state index contributed by atoms with van der Waals surface area (Å²) in [6.07, 6.45) is -3.80. The Morgan fingerprint density at radius 2 is 2.07 bits per heavy atom. The van der Waals surface area contributed by atoms with Crippen LogP contribution in [-0.2, 0) is 9.53 Å². The monoisotopic (exact) mass is 214 g/mol. The summed E-state index contributed by atoms with van der Waals surface area (Å²) in [5, 5.41) is 2.36. The van der Waals surface area contributed by atoms with Crippen molar-refractivity contribution >= 4 is 5.91 Å². The van der Waals surface area contributed by atoms with Gasteiger partial charge in [-0.1, -0.05) is 0 Å². The van der Waals surface area contributed by atoms with Gasteiger partial charge in [0.2, 0.25) is 5.91 Å². The van der Waals surface area contributed by atoms with Crippen molar-refractivity contribution in [1.29, 1.82) is 0 Å². The molecule has 0 aromatic heterocycles. The summed E-state index contributed by atoms with van der Waals surface area (Å²) in [6, 6.07) is 0. The molecule has 14 heavy (non-hydrogen) atoms.